The van der Waals surface area contributed by atoms with Crippen molar-refractivity contribution in [2.24, 2.45) is 0 Å². The average Bonchev–Trinajstić information content (AvgIpc) is 2.51. The Kier molecular flexibility index (Phi) is 10.2. The SMILES string of the molecule is CC.CC(C)c1c(F)cc(F)cc1OCC(CN(C)C)N(C)C=O. The van der Waals surface area contributed by atoms with E-state index < -0.39 is 11.6 Å². The lowest BCUT2D eigenvalue weighted by Gasteiger charge is -2.28. The number of likely N-dealkylation sites (N-methyl/N-ethyl adjacent to an activating group) is 2. The summed E-state index contributed by atoms with van der Waals surface area (Å²) >= 11 is 0. The highest BCUT2D eigenvalue weighted by molar-refractivity contribution is 5.47. The van der Waals surface area contributed by atoms with E-state index in [4.69, 9.17) is 4.74 Å². The monoisotopic (exact) mass is 344 g/mol. The second kappa shape index (κ2) is 11.0. The highest BCUT2D eigenvalue weighted by Crippen LogP contribution is 2.30. The molecule has 0 saturated carbocycles. The minimum atomic E-state index is -0.676. The van der Waals surface area contributed by atoms with Crippen LogP contribution < -0.4 is 4.74 Å². The van der Waals surface area contributed by atoms with E-state index in [1.165, 1.54) is 11.0 Å². The Morgan fingerprint density at radius 2 is 1.75 bits per heavy atom. The molecule has 1 unspecified atom stereocenters. The summed E-state index contributed by atoms with van der Waals surface area (Å²) in [6, 6.07) is 1.84. The fraction of sp³-hybridized carbons (Fsp3) is 0.611. The molecule has 0 aliphatic rings. The fourth-order valence-corrected chi connectivity index (χ4v) is 2.23. The van der Waals surface area contributed by atoms with Crippen LogP contribution in [0.4, 0.5) is 8.78 Å². The summed E-state index contributed by atoms with van der Waals surface area (Å²) in [6.45, 7) is 8.39. The van der Waals surface area contributed by atoms with Gasteiger partial charge in [0.15, 0.2) is 0 Å². The van der Waals surface area contributed by atoms with Crippen LogP contribution in [0.5, 0.6) is 5.75 Å². The summed E-state index contributed by atoms with van der Waals surface area (Å²) in [5.74, 6) is -1.23. The van der Waals surface area contributed by atoms with Crippen LogP contribution in [0, 0.1) is 11.6 Å². The molecule has 1 aromatic carbocycles. The van der Waals surface area contributed by atoms with Crippen molar-refractivity contribution in [3.8, 4) is 5.75 Å². The van der Waals surface area contributed by atoms with Gasteiger partial charge in [0.2, 0.25) is 6.41 Å². The van der Waals surface area contributed by atoms with Gasteiger partial charge in [0.05, 0.1) is 6.04 Å². The Bertz CT molecular complexity index is 508. The van der Waals surface area contributed by atoms with E-state index in [-0.39, 0.29) is 24.3 Å². The average molecular weight is 344 g/mol. The smallest absolute Gasteiger partial charge is 0.209 e. The fourth-order valence-electron chi connectivity index (χ4n) is 2.23. The van der Waals surface area contributed by atoms with Crippen LogP contribution in [0.15, 0.2) is 12.1 Å². The van der Waals surface area contributed by atoms with Crippen molar-refractivity contribution in [1.29, 1.82) is 0 Å². The maximum Gasteiger partial charge on any atom is 0.209 e. The predicted molar refractivity (Wildman–Crippen MR) is 93.5 cm³/mol. The maximum atomic E-state index is 13.9. The second-order valence-corrected chi connectivity index (χ2v) is 5.95. The van der Waals surface area contributed by atoms with E-state index in [1.807, 2.05) is 46.7 Å². The van der Waals surface area contributed by atoms with Crippen molar-refractivity contribution >= 4 is 6.41 Å². The Balaban J connectivity index is 0.00000254. The lowest BCUT2D eigenvalue weighted by atomic mass is 10.0. The summed E-state index contributed by atoms with van der Waals surface area (Å²) in [7, 11) is 5.42. The molecular weight excluding hydrogens is 314 g/mol. The van der Waals surface area contributed by atoms with Crippen molar-refractivity contribution in [2.45, 2.75) is 39.7 Å². The van der Waals surface area contributed by atoms with Crippen LogP contribution >= 0.6 is 0 Å². The second-order valence-electron chi connectivity index (χ2n) is 5.95. The molecule has 1 aromatic rings. The molecule has 24 heavy (non-hydrogen) atoms. The molecule has 0 heterocycles. The van der Waals surface area contributed by atoms with Gasteiger partial charge in [0, 0.05) is 31.3 Å². The van der Waals surface area contributed by atoms with Gasteiger partial charge < -0.3 is 14.5 Å². The number of hydrogen-bond acceptors (Lipinski definition) is 3. The lowest BCUT2D eigenvalue weighted by Crippen LogP contribution is -2.43. The van der Waals surface area contributed by atoms with Gasteiger partial charge in [-0.05, 0) is 20.0 Å². The van der Waals surface area contributed by atoms with E-state index in [9.17, 15) is 13.6 Å². The first kappa shape index (κ1) is 22.3. The molecule has 0 aliphatic heterocycles. The summed E-state index contributed by atoms with van der Waals surface area (Å²) in [6.07, 6.45) is 0.715. The normalized spacial score (nSPS) is 11.8. The number of rotatable bonds is 8. The molecule has 0 bridgehead atoms. The van der Waals surface area contributed by atoms with Gasteiger partial charge in [-0.3, -0.25) is 4.79 Å². The zero-order chi connectivity index (χ0) is 18.9. The zero-order valence-corrected chi connectivity index (χ0v) is 15.8. The third-order valence-corrected chi connectivity index (χ3v) is 3.38. The number of hydrogen-bond donors (Lipinski definition) is 0. The van der Waals surface area contributed by atoms with Crippen LogP contribution in [-0.2, 0) is 4.79 Å². The molecular formula is C18H30F2N2O2. The van der Waals surface area contributed by atoms with E-state index in [2.05, 4.69) is 0 Å². The van der Waals surface area contributed by atoms with Crippen LogP contribution in [0.25, 0.3) is 0 Å². The number of halogens is 2. The minimum absolute atomic E-state index is 0.133. The molecule has 0 N–H and O–H groups in total. The van der Waals surface area contributed by atoms with Crippen LogP contribution in [0.1, 0.15) is 39.2 Å². The number of benzene rings is 1. The first-order valence-electron chi connectivity index (χ1n) is 8.20. The summed E-state index contributed by atoms with van der Waals surface area (Å²) in [5, 5.41) is 0. The Morgan fingerprint density at radius 1 is 1.17 bits per heavy atom. The molecule has 0 radical (unpaired) electrons. The van der Waals surface area contributed by atoms with Crippen molar-refractivity contribution in [1.82, 2.24) is 9.80 Å². The largest absolute Gasteiger partial charge is 0.491 e. The van der Waals surface area contributed by atoms with E-state index in [0.717, 1.165) is 6.07 Å². The topological polar surface area (TPSA) is 32.8 Å². The molecule has 1 rings (SSSR count). The van der Waals surface area contributed by atoms with E-state index in [0.29, 0.717) is 18.5 Å². The standard InChI is InChI=1S/C16H24F2N2O2.C2H6/c1-11(2)16-14(18)6-12(17)7-15(16)22-9-13(8-19(3)4)20(5)10-21;1-2/h6-7,10-11,13H,8-9H2,1-5H3;1-2H3. The van der Waals surface area contributed by atoms with E-state index >= 15 is 0 Å². The van der Waals surface area contributed by atoms with Gasteiger partial charge in [0.1, 0.15) is 24.0 Å². The molecule has 1 amide bonds. The molecule has 0 aromatic heterocycles. The summed E-state index contributed by atoms with van der Waals surface area (Å²) in [5.41, 5.74) is 0.346. The number of amides is 1. The Morgan fingerprint density at radius 3 is 2.21 bits per heavy atom. The number of nitrogens with zero attached hydrogens (tertiary/aromatic N) is 2. The predicted octanol–water partition coefficient (Wildman–Crippen LogP) is 3.51. The van der Waals surface area contributed by atoms with Crippen molar-refractivity contribution in [3.63, 3.8) is 0 Å². The quantitative estimate of drug-likeness (QED) is 0.677. The van der Waals surface area contributed by atoms with Crippen molar-refractivity contribution in [2.75, 3.05) is 34.3 Å². The van der Waals surface area contributed by atoms with Gasteiger partial charge >= 0.3 is 0 Å². The molecule has 0 spiro atoms. The molecule has 4 nitrogen and oxygen atoms in total. The summed E-state index contributed by atoms with van der Waals surface area (Å²) < 4.78 is 33.0. The number of carbonyl (C=O) groups excluding carboxylic acids is 1. The van der Waals surface area contributed by atoms with Crippen LogP contribution in [-0.4, -0.2) is 56.5 Å². The summed E-state index contributed by atoms with van der Waals surface area (Å²) in [4.78, 5) is 14.4. The third-order valence-electron chi connectivity index (χ3n) is 3.38. The lowest BCUT2D eigenvalue weighted by molar-refractivity contribution is -0.119. The highest BCUT2D eigenvalue weighted by atomic mass is 19.1. The maximum absolute atomic E-state index is 13.9. The van der Waals surface area contributed by atoms with Gasteiger partial charge in [-0.25, -0.2) is 8.78 Å². The molecule has 0 saturated heterocycles. The molecule has 0 aliphatic carbocycles. The highest BCUT2D eigenvalue weighted by Gasteiger charge is 2.19. The third kappa shape index (κ3) is 6.83. The number of carbonyl (C=O) groups is 1. The molecule has 1 atom stereocenters. The van der Waals surface area contributed by atoms with Crippen LogP contribution in [0.3, 0.4) is 0 Å². The van der Waals surface area contributed by atoms with Crippen LogP contribution in [0.2, 0.25) is 0 Å². The number of ether oxygens (including phenoxy) is 1. The Labute approximate surface area is 144 Å². The zero-order valence-electron chi connectivity index (χ0n) is 15.8. The van der Waals surface area contributed by atoms with Gasteiger partial charge in [-0.15, -0.1) is 0 Å². The molecule has 138 valence electrons. The minimum Gasteiger partial charge on any atom is -0.491 e. The Hall–Kier alpha value is -1.69. The molecule has 6 heteroatoms. The van der Waals surface area contributed by atoms with Crippen molar-refractivity contribution < 1.29 is 18.3 Å². The van der Waals surface area contributed by atoms with Gasteiger partial charge in [-0.2, -0.15) is 0 Å². The van der Waals surface area contributed by atoms with Gasteiger partial charge in [-0.1, -0.05) is 27.7 Å². The van der Waals surface area contributed by atoms with Crippen molar-refractivity contribution in [3.05, 3.63) is 29.3 Å². The first-order chi connectivity index (χ1) is 11.3. The first-order valence-corrected chi connectivity index (χ1v) is 8.20. The van der Waals surface area contributed by atoms with E-state index in [1.54, 1.807) is 7.05 Å². The van der Waals surface area contributed by atoms with Gasteiger partial charge in [0.25, 0.3) is 0 Å². The molecule has 0 fully saturated rings.